The van der Waals surface area contributed by atoms with Crippen molar-refractivity contribution in [1.29, 1.82) is 5.26 Å². The van der Waals surface area contributed by atoms with Gasteiger partial charge in [0.2, 0.25) is 0 Å². The van der Waals surface area contributed by atoms with Gasteiger partial charge in [0.1, 0.15) is 23.6 Å². The number of rotatable bonds is 4. The molecule has 5 heteroatoms. The highest BCUT2D eigenvalue weighted by Gasteiger charge is 2.07. The number of aromatic nitrogens is 1. The molecule has 2 aromatic rings. The Balaban J connectivity index is 2.41. The quantitative estimate of drug-likeness (QED) is 0.628. The van der Waals surface area contributed by atoms with Gasteiger partial charge in [0.15, 0.2) is 0 Å². The Morgan fingerprint density at radius 2 is 2.17 bits per heavy atom. The molecular formula is C13H11ClN2O2. The molecule has 92 valence electrons. The van der Waals surface area contributed by atoms with Crippen LogP contribution in [0.2, 0.25) is 5.15 Å². The zero-order valence-corrected chi connectivity index (χ0v) is 10.6. The van der Waals surface area contributed by atoms with Crippen LogP contribution in [0.1, 0.15) is 5.56 Å². The average molecular weight is 263 g/mol. The fourth-order valence-corrected chi connectivity index (χ4v) is 1.72. The van der Waals surface area contributed by atoms with Crippen molar-refractivity contribution >= 4 is 22.5 Å². The fourth-order valence-electron chi connectivity index (χ4n) is 1.57. The molecule has 4 nitrogen and oxygen atoms in total. The Labute approximate surface area is 110 Å². The Hall–Kier alpha value is -1.83. The Morgan fingerprint density at radius 1 is 1.33 bits per heavy atom. The molecular weight excluding hydrogens is 252 g/mol. The topological polar surface area (TPSA) is 55.1 Å². The van der Waals surface area contributed by atoms with Gasteiger partial charge >= 0.3 is 0 Å². The maximum absolute atomic E-state index is 9.08. The van der Waals surface area contributed by atoms with Gasteiger partial charge in [0.05, 0.1) is 17.7 Å². The maximum atomic E-state index is 9.08. The normalized spacial score (nSPS) is 10.3. The highest BCUT2D eigenvalue weighted by Crippen LogP contribution is 2.25. The average Bonchev–Trinajstić information content (AvgIpc) is 2.38. The minimum Gasteiger partial charge on any atom is -0.490 e. The van der Waals surface area contributed by atoms with Gasteiger partial charge in [-0.3, -0.25) is 0 Å². The van der Waals surface area contributed by atoms with Crippen LogP contribution in [0.5, 0.6) is 5.75 Å². The predicted molar refractivity (Wildman–Crippen MR) is 68.8 cm³/mol. The van der Waals surface area contributed by atoms with E-state index in [1.165, 1.54) is 0 Å². The lowest BCUT2D eigenvalue weighted by Crippen LogP contribution is -2.05. The van der Waals surface area contributed by atoms with E-state index in [9.17, 15) is 0 Å². The Morgan fingerprint density at radius 3 is 2.89 bits per heavy atom. The van der Waals surface area contributed by atoms with Gasteiger partial charge in [-0.05, 0) is 18.2 Å². The summed E-state index contributed by atoms with van der Waals surface area (Å²) in [5.41, 5.74) is 1.18. The molecule has 0 fully saturated rings. The number of nitriles is 1. The maximum Gasteiger partial charge on any atom is 0.139 e. The molecule has 0 saturated heterocycles. The van der Waals surface area contributed by atoms with Crippen molar-refractivity contribution in [3.63, 3.8) is 0 Å². The molecule has 0 spiro atoms. The third kappa shape index (κ3) is 2.70. The van der Waals surface area contributed by atoms with Crippen molar-refractivity contribution < 1.29 is 9.47 Å². The molecule has 1 aromatic carbocycles. The number of halogens is 1. The van der Waals surface area contributed by atoms with Crippen LogP contribution in [0.4, 0.5) is 0 Å². The van der Waals surface area contributed by atoms with E-state index in [1.54, 1.807) is 25.3 Å². The van der Waals surface area contributed by atoms with E-state index in [1.807, 2.05) is 6.07 Å². The first-order valence-electron chi connectivity index (χ1n) is 5.36. The second kappa shape index (κ2) is 5.67. The molecule has 0 unspecified atom stereocenters. The van der Waals surface area contributed by atoms with Crippen molar-refractivity contribution in [2.45, 2.75) is 0 Å². The van der Waals surface area contributed by atoms with E-state index in [0.717, 1.165) is 5.39 Å². The lowest BCUT2D eigenvalue weighted by molar-refractivity contribution is 0.146. The summed E-state index contributed by atoms with van der Waals surface area (Å²) in [4.78, 5) is 4.18. The molecule has 0 atom stereocenters. The SMILES string of the molecule is COCCOc1cc2nc(Cl)ccc2cc1C#N. The fraction of sp³-hybridized carbons (Fsp3) is 0.231. The van der Waals surface area contributed by atoms with E-state index < -0.39 is 0 Å². The van der Waals surface area contributed by atoms with Crippen LogP contribution in [0, 0.1) is 11.3 Å². The zero-order valence-electron chi connectivity index (χ0n) is 9.81. The first kappa shape index (κ1) is 12.6. The minimum absolute atomic E-state index is 0.386. The number of fused-ring (bicyclic) bond motifs is 1. The third-order valence-electron chi connectivity index (χ3n) is 2.42. The molecule has 2 rings (SSSR count). The van der Waals surface area contributed by atoms with Crippen LogP contribution in [0.25, 0.3) is 10.9 Å². The van der Waals surface area contributed by atoms with Crippen molar-refractivity contribution in [2.75, 3.05) is 20.3 Å². The van der Waals surface area contributed by atoms with Gasteiger partial charge < -0.3 is 9.47 Å². The van der Waals surface area contributed by atoms with Crippen molar-refractivity contribution in [1.82, 2.24) is 4.98 Å². The number of benzene rings is 1. The van der Waals surface area contributed by atoms with Crippen molar-refractivity contribution in [3.05, 3.63) is 35.0 Å². The highest BCUT2D eigenvalue weighted by molar-refractivity contribution is 6.29. The number of ether oxygens (including phenoxy) is 2. The van der Waals surface area contributed by atoms with E-state index in [4.69, 9.17) is 26.3 Å². The standard InChI is InChI=1S/C13H11ClN2O2/c1-17-4-5-18-12-7-11-9(6-10(12)8-15)2-3-13(14)16-11/h2-3,6-7H,4-5H2,1H3. The third-order valence-corrected chi connectivity index (χ3v) is 2.63. The van der Waals surface area contributed by atoms with E-state index in [2.05, 4.69) is 11.1 Å². The molecule has 0 aliphatic heterocycles. The summed E-state index contributed by atoms with van der Waals surface area (Å²) in [5.74, 6) is 0.497. The summed E-state index contributed by atoms with van der Waals surface area (Å²) in [5, 5.41) is 10.3. The summed E-state index contributed by atoms with van der Waals surface area (Å²) in [6, 6.07) is 9.07. The molecule has 1 aromatic heterocycles. The monoisotopic (exact) mass is 262 g/mol. The lowest BCUT2D eigenvalue weighted by Gasteiger charge is -2.08. The summed E-state index contributed by atoms with van der Waals surface area (Å²) >= 11 is 5.83. The minimum atomic E-state index is 0.386. The smallest absolute Gasteiger partial charge is 0.139 e. The molecule has 1 heterocycles. The molecule has 0 radical (unpaired) electrons. The van der Waals surface area contributed by atoms with Crippen molar-refractivity contribution in [2.24, 2.45) is 0 Å². The van der Waals surface area contributed by atoms with Crippen LogP contribution < -0.4 is 4.74 Å². The van der Waals surface area contributed by atoms with Crippen LogP contribution in [0.3, 0.4) is 0 Å². The molecule has 18 heavy (non-hydrogen) atoms. The van der Waals surface area contributed by atoms with Crippen LogP contribution in [-0.4, -0.2) is 25.3 Å². The van der Waals surface area contributed by atoms with Gasteiger partial charge in [-0.1, -0.05) is 11.6 Å². The molecule has 0 bridgehead atoms. The van der Waals surface area contributed by atoms with Crippen LogP contribution in [-0.2, 0) is 4.74 Å². The highest BCUT2D eigenvalue weighted by atomic mass is 35.5. The molecule has 0 aliphatic rings. The molecule has 0 amide bonds. The zero-order chi connectivity index (χ0) is 13.0. The number of pyridine rings is 1. The number of nitrogens with zero attached hydrogens (tertiary/aromatic N) is 2. The first-order chi connectivity index (χ1) is 8.74. The van der Waals surface area contributed by atoms with Crippen LogP contribution >= 0.6 is 11.6 Å². The second-order valence-corrected chi connectivity index (χ2v) is 4.02. The molecule has 0 N–H and O–H groups in total. The summed E-state index contributed by atoms with van der Waals surface area (Å²) < 4.78 is 10.4. The van der Waals surface area contributed by atoms with Crippen molar-refractivity contribution in [3.8, 4) is 11.8 Å². The number of hydrogen-bond donors (Lipinski definition) is 0. The lowest BCUT2D eigenvalue weighted by atomic mass is 10.1. The molecule has 0 saturated carbocycles. The Kier molecular flexibility index (Phi) is 3.98. The van der Waals surface area contributed by atoms with Gasteiger partial charge in [-0.15, -0.1) is 0 Å². The van der Waals surface area contributed by atoms with Crippen LogP contribution in [0.15, 0.2) is 24.3 Å². The summed E-state index contributed by atoms with van der Waals surface area (Å²) in [6.07, 6.45) is 0. The van der Waals surface area contributed by atoms with E-state index >= 15 is 0 Å². The predicted octanol–water partition coefficient (Wildman–Crippen LogP) is 2.79. The van der Waals surface area contributed by atoms with Gasteiger partial charge in [0.25, 0.3) is 0 Å². The second-order valence-electron chi connectivity index (χ2n) is 3.63. The van der Waals surface area contributed by atoms with Gasteiger partial charge in [-0.2, -0.15) is 5.26 Å². The number of hydrogen-bond acceptors (Lipinski definition) is 4. The summed E-state index contributed by atoms with van der Waals surface area (Å²) in [7, 11) is 1.59. The Bertz CT molecular complexity index is 608. The first-order valence-corrected chi connectivity index (χ1v) is 5.74. The largest absolute Gasteiger partial charge is 0.490 e. The summed E-state index contributed by atoms with van der Waals surface area (Å²) in [6.45, 7) is 0.850. The van der Waals surface area contributed by atoms with E-state index in [0.29, 0.717) is 35.2 Å². The molecule has 0 aliphatic carbocycles. The van der Waals surface area contributed by atoms with Gasteiger partial charge in [0, 0.05) is 18.6 Å². The van der Waals surface area contributed by atoms with Gasteiger partial charge in [-0.25, -0.2) is 4.98 Å². The van der Waals surface area contributed by atoms with E-state index in [-0.39, 0.29) is 0 Å². The number of methoxy groups -OCH3 is 1.